The van der Waals surface area contributed by atoms with Gasteiger partial charge in [0.2, 0.25) is 0 Å². The van der Waals surface area contributed by atoms with Gasteiger partial charge in [0.1, 0.15) is 0 Å². The quantitative estimate of drug-likeness (QED) is 0.405. The van der Waals surface area contributed by atoms with E-state index in [9.17, 15) is 0 Å². The highest BCUT2D eigenvalue weighted by Gasteiger charge is 2.60. The number of rotatable bonds is 5. The molecule has 0 aromatic rings. The second-order valence-electron chi connectivity index (χ2n) is 12.8. The first kappa shape index (κ1) is 22.0. The van der Waals surface area contributed by atoms with Crippen molar-refractivity contribution in [1.82, 2.24) is 0 Å². The standard InChI is InChI=1S/C29H50/c1-7-22-15-17-28(5)23(19-22)11-12-24-26-14-13-25(21(4)10-8-9-20(2)3)29(26,6)18-16-27(24)28/h7,20-21,23-27H,8-19H2,1-6H3/b22-7+/t21-,23+,24+,25-,26+,27+,28+,29-/m1/s1. The predicted octanol–water partition coefficient (Wildman–Crippen LogP) is 9.05. The average molecular weight is 399 g/mol. The highest BCUT2D eigenvalue weighted by atomic mass is 14.6. The van der Waals surface area contributed by atoms with E-state index in [1.54, 1.807) is 24.8 Å². The highest BCUT2D eigenvalue weighted by molar-refractivity contribution is 5.15. The summed E-state index contributed by atoms with van der Waals surface area (Å²) in [5, 5.41) is 0. The molecule has 0 aromatic carbocycles. The van der Waals surface area contributed by atoms with E-state index in [2.05, 4.69) is 47.6 Å². The van der Waals surface area contributed by atoms with Crippen LogP contribution in [0.2, 0.25) is 0 Å². The zero-order valence-electron chi connectivity index (χ0n) is 20.6. The molecule has 8 atom stereocenters. The van der Waals surface area contributed by atoms with Gasteiger partial charge in [0.15, 0.2) is 0 Å². The van der Waals surface area contributed by atoms with Crippen molar-refractivity contribution >= 4 is 0 Å². The smallest absolute Gasteiger partial charge is 0.0260 e. The molecule has 4 saturated carbocycles. The van der Waals surface area contributed by atoms with Crippen molar-refractivity contribution in [2.24, 2.45) is 52.3 Å². The molecule has 0 amide bonds. The van der Waals surface area contributed by atoms with E-state index in [0.29, 0.717) is 10.8 Å². The molecule has 0 unspecified atom stereocenters. The molecule has 0 N–H and O–H groups in total. The first-order valence-corrected chi connectivity index (χ1v) is 13.4. The fourth-order valence-corrected chi connectivity index (χ4v) is 9.39. The summed E-state index contributed by atoms with van der Waals surface area (Å²) in [5.41, 5.74) is 3.07. The van der Waals surface area contributed by atoms with Gasteiger partial charge in [-0.1, -0.05) is 65.5 Å². The number of fused-ring (bicyclic) bond motifs is 5. The van der Waals surface area contributed by atoms with E-state index in [0.717, 1.165) is 41.4 Å². The fourth-order valence-electron chi connectivity index (χ4n) is 9.39. The molecule has 4 aliphatic carbocycles. The van der Waals surface area contributed by atoms with Gasteiger partial charge in [-0.15, -0.1) is 0 Å². The first-order valence-electron chi connectivity index (χ1n) is 13.4. The van der Waals surface area contributed by atoms with Crippen LogP contribution in [0.1, 0.15) is 119 Å². The van der Waals surface area contributed by atoms with Crippen molar-refractivity contribution in [2.75, 3.05) is 0 Å². The Hall–Kier alpha value is -0.260. The van der Waals surface area contributed by atoms with Crippen LogP contribution in [-0.4, -0.2) is 0 Å². The molecule has 0 radical (unpaired) electrons. The molecular weight excluding hydrogens is 348 g/mol. The van der Waals surface area contributed by atoms with Crippen LogP contribution in [-0.2, 0) is 0 Å². The third kappa shape index (κ3) is 3.78. The summed E-state index contributed by atoms with van der Waals surface area (Å²) in [7, 11) is 0. The van der Waals surface area contributed by atoms with Crippen LogP contribution in [0.5, 0.6) is 0 Å². The fraction of sp³-hybridized carbons (Fsp3) is 0.931. The summed E-state index contributed by atoms with van der Waals surface area (Å²) in [5.74, 6) is 6.94. The van der Waals surface area contributed by atoms with Crippen molar-refractivity contribution in [1.29, 1.82) is 0 Å². The maximum atomic E-state index is 2.75. The Kier molecular flexibility index (Phi) is 6.32. The van der Waals surface area contributed by atoms with Gasteiger partial charge in [-0.2, -0.15) is 0 Å². The summed E-state index contributed by atoms with van der Waals surface area (Å²) in [6.45, 7) is 15.1. The van der Waals surface area contributed by atoms with Crippen molar-refractivity contribution in [3.8, 4) is 0 Å². The van der Waals surface area contributed by atoms with E-state index < -0.39 is 0 Å². The Bertz CT molecular complexity index is 599. The van der Waals surface area contributed by atoms with Crippen LogP contribution in [0.3, 0.4) is 0 Å². The van der Waals surface area contributed by atoms with E-state index in [4.69, 9.17) is 0 Å². The molecule has 0 aliphatic heterocycles. The Morgan fingerprint density at radius 1 is 0.897 bits per heavy atom. The molecule has 0 nitrogen and oxygen atoms in total. The summed E-state index contributed by atoms with van der Waals surface area (Å²) in [6, 6.07) is 0. The van der Waals surface area contributed by atoms with Gasteiger partial charge < -0.3 is 0 Å². The molecule has 4 aliphatic rings. The molecule has 166 valence electrons. The molecule has 0 heteroatoms. The summed E-state index contributed by atoms with van der Waals surface area (Å²) >= 11 is 0. The van der Waals surface area contributed by atoms with Gasteiger partial charge in [0.05, 0.1) is 0 Å². The highest BCUT2D eigenvalue weighted by Crippen LogP contribution is 2.68. The maximum Gasteiger partial charge on any atom is -0.0260 e. The van der Waals surface area contributed by atoms with E-state index in [-0.39, 0.29) is 0 Å². The van der Waals surface area contributed by atoms with Crippen molar-refractivity contribution < 1.29 is 0 Å². The SMILES string of the molecule is C/C=C1\CC[C@@]2(C)[C@@H](CC[C@@H]3[C@@H]2CC[C@]2(C)[C@@H]([C@H](C)CCCC(C)C)CC[C@@H]32)C1. The second-order valence-corrected chi connectivity index (χ2v) is 12.8. The lowest BCUT2D eigenvalue weighted by Crippen LogP contribution is -2.53. The van der Waals surface area contributed by atoms with Crippen LogP contribution < -0.4 is 0 Å². The topological polar surface area (TPSA) is 0 Å². The molecule has 4 rings (SSSR count). The Morgan fingerprint density at radius 2 is 1.66 bits per heavy atom. The molecule has 4 fully saturated rings. The van der Waals surface area contributed by atoms with E-state index in [1.165, 1.54) is 57.8 Å². The van der Waals surface area contributed by atoms with Crippen molar-refractivity contribution in [3.63, 3.8) is 0 Å². The van der Waals surface area contributed by atoms with Gasteiger partial charge in [-0.3, -0.25) is 0 Å². The van der Waals surface area contributed by atoms with Crippen LogP contribution in [0.15, 0.2) is 11.6 Å². The summed E-state index contributed by atoms with van der Waals surface area (Å²) in [6.07, 6.45) is 20.3. The summed E-state index contributed by atoms with van der Waals surface area (Å²) in [4.78, 5) is 0. The molecule has 0 spiro atoms. The van der Waals surface area contributed by atoms with Gasteiger partial charge in [0.25, 0.3) is 0 Å². The molecule has 0 saturated heterocycles. The minimum atomic E-state index is 0.651. The van der Waals surface area contributed by atoms with Gasteiger partial charge >= 0.3 is 0 Å². The van der Waals surface area contributed by atoms with Crippen LogP contribution in [0.25, 0.3) is 0 Å². The average Bonchev–Trinajstić information content (AvgIpc) is 3.04. The Morgan fingerprint density at radius 3 is 2.38 bits per heavy atom. The number of allylic oxidation sites excluding steroid dienone is 2. The summed E-state index contributed by atoms with van der Waals surface area (Å²) < 4.78 is 0. The number of hydrogen-bond acceptors (Lipinski definition) is 0. The zero-order chi connectivity index (χ0) is 20.8. The van der Waals surface area contributed by atoms with Crippen LogP contribution in [0, 0.1) is 52.3 Å². The number of hydrogen-bond donors (Lipinski definition) is 0. The van der Waals surface area contributed by atoms with Crippen molar-refractivity contribution in [2.45, 2.75) is 119 Å². The molecular formula is C29H50. The molecule has 0 aromatic heterocycles. The molecule has 29 heavy (non-hydrogen) atoms. The van der Waals surface area contributed by atoms with Gasteiger partial charge in [-0.25, -0.2) is 0 Å². The lowest BCUT2D eigenvalue weighted by atomic mass is 9.44. The molecule has 0 heterocycles. The largest absolute Gasteiger partial charge is 0.0884 e. The lowest BCUT2D eigenvalue weighted by molar-refractivity contribution is -0.109. The van der Waals surface area contributed by atoms with E-state index >= 15 is 0 Å². The Labute approximate surface area is 182 Å². The third-order valence-corrected chi connectivity index (χ3v) is 11.2. The Balaban J connectivity index is 1.46. The monoisotopic (exact) mass is 398 g/mol. The van der Waals surface area contributed by atoms with Crippen LogP contribution >= 0.6 is 0 Å². The zero-order valence-corrected chi connectivity index (χ0v) is 20.6. The molecule has 0 bridgehead atoms. The van der Waals surface area contributed by atoms with Gasteiger partial charge in [-0.05, 0) is 117 Å². The lowest BCUT2D eigenvalue weighted by Gasteiger charge is -2.61. The van der Waals surface area contributed by atoms with Crippen molar-refractivity contribution in [3.05, 3.63) is 11.6 Å². The maximum absolute atomic E-state index is 2.75. The minimum absolute atomic E-state index is 0.651. The third-order valence-electron chi connectivity index (χ3n) is 11.2. The minimum Gasteiger partial charge on any atom is -0.0884 e. The first-order chi connectivity index (χ1) is 13.8. The second kappa shape index (κ2) is 8.35. The van der Waals surface area contributed by atoms with E-state index in [1.807, 2.05) is 0 Å². The predicted molar refractivity (Wildman–Crippen MR) is 127 cm³/mol. The van der Waals surface area contributed by atoms with Gasteiger partial charge in [0, 0.05) is 0 Å². The normalized spacial score (nSPS) is 47.0. The van der Waals surface area contributed by atoms with Crippen LogP contribution in [0.4, 0.5) is 0 Å².